The largest absolute Gasteiger partial charge is 0.444 e. The van der Waals surface area contributed by atoms with E-state index in [0.29, 0.717) is 17.3 Å². The number of rotatable bonds is 3. The maximum absolute atomic E-state index is 13.7. The fourth-order valence-corrected chi connectivity index (χ4v) is 1.57. The fourth-order valence-electron chi connectivity index (χ4n) is 1.57. The number of halogens is 1. The second-order valence-electron chi connectivity index (χ2n) is 3.98. The first-order valence-electron chi connectivity index (χ1n) is 5.48. The van der Waals surface area contributed by atoms with Gasteiger partial charge in [-0.15, -0.1) is 0 Å². The highest BCUT2D eigenvalue weighted by Crippen LogP contribution is 2.22. The number of benzene rings is 1. The van der Waals surface area contributed by atoms with E-state index in [1.807, 2.05) is 13.0 Å². The first-order chi connectivity index (χ1) is 8.60. The van der Waals surface area contributed by atoms with Crippen molar-refractivity contribution in [2.75, 3.05) is 5.32 Å². The monoisotopic (exact) mass is 245 g/mol. The van der Waals surface area contributed by atoms with Gasteiger partial charge in [0.05, 0.1) is 23.5 Å². The maximum Gasteiger partial charge on any atom is 0.216 e. The van der Waals surface area contributed by atoms with Crippen LogP contribution in [0.15, 0.2) is 28.8 Å². The molecule has 0 aliphatic carbocycles. The number of aromatic nitrogens is 1. The van der Waals surface area contributed by atoms with E-state index in [4.69, 9.17) is 9.68 Å². The smallest absolute Gasteiger partial charge is 0.216 e. The van der Waals surface area contributed by atoms with Gasteiger partial charge in [0.1, 0.15) is 17.6 Å². The van der Waals surface area contributed by atoms with Crippen molar-refractivity contribution in [2.24, 2.45) is 0 Å². The standard InChI is InChI=1S/C13H12FN3O/c1-8-7-16-13(18-8)9(2)17-12-4-3-10(6-15)5-11(12)14/h3-5,7,9,17H,1-2H3. The Kier molecular flexibility index (Phi) is 3.28. The first kappa shape index (κ1) is 12.1. The number of nitrogens with zero attached hydrogens (tertiary/aromatic N) is 2. The van der Waals surface area contributed by atoms with E-state index in [-0.39, 0.29) is 11.6 Å². The zero-order valence-corrected chi connectivity index (χ0v) is 10.1. The quantitative estimate of drug-likeness (QED) is 0.902. The molecule has 92 valence electrons. The van der Waals surface area contributed by atoms with Crippen LogP contribution in [0.5, 0.6) is 0 Å². The van der Waals surface area contributed by atoms with Gasteiger partial charge in [-0.1, -0.05) is 0 Å². The zero-order chi connectivity index (χ0) is 13.1. The summed E-state index contributed by atoms with van der Waals surface area (Å²) in [7, 11) is 0. The van der Waals surface area contributed by atoms with Gasteiger partial charge in [-0.25, -0.2) is 9.37 Å². The van der Waals surface area contributed by atoms with E-state index >= 15 is 0 Å². The Morgan fingerprint density at radius 2 is 2.28 bits per heavy atom. The van der Waals surface area contributed by atoms with Crippen molar-refractivity contribution in [3.8, 4) is 6.07 Å². The molecule has 0 spiro atoms. The normalized spacial score (nSPS) is 11.9. The highest BCUT2D eigenvalue weighted by Gasteiger charge is 2.13. The predicted octanol–water partition coefficient (Wildman–Crippen LogP) is 3.17. The van der Waals surface area contributed by atoms with Crippen molar-refractivity contribution in [1.82, 2.24) is 4.98 Å². The Labute approximate surface area is 104 Å². The lowest BCUT2D eigenvalue weighted by Gasteiger charge is -2.12. The van der Waals surface area contributed by atoms with Crippen molar-refractivity contribution in [2.45, 2.75) is 19.9 Å². The van der Waals surface area contributed by atoms with Crippen LogP contribution in [-0.4, -0.2) is 4.98 Å². The molecule has 5 heteroatoms. The lowest BCUT2D eigenvalue weighted by molar-refractivity contribution is 0.453. The Morgan fingerprint density at radius 1 is 1.50 bits per heavy atom. The molecule has 1 aromatic carbocycles. The molecule has 18 heavy (non-hydrogen) atoms. The van der Waals surface area contributed by atoms with E-state index in [9.17, 15) is 4.39 Å². The lowest BCUT2D eigenvalue weighted by atomic mass is 10.2. The molecule has 0 saturated heterocycles. The van der Waals surface area contributed by atoms with Crippen LogP contribution < -0.4 is 5.32 Å². The molecule has 2 rings (SSSR count). The topological polar surface area (TPSA) is 61.9 Å². The molecule has 0 aliphatic rings. The number of nitrogens with one attached hydrogen (secondary N) is 1. The summed E-state index contributed by atoms with van der Waals surface area (Å²) in [5.74, 6) is 0.736. The van der Waals surface area contributed by atoms with Gasteiger partial charge in [0, 0.05) is 0 Å². The van der Waals surface area contributed by atoms with Gasteiger partial charge in [-0.3, -0.25) is 0 Å². The van der Waals surface area contributed by atoms with Crippen molar-refractivity contribution in [1.29, 1.82) is 5.26 Å². The Hall–Kier alpha value is -2.35. The van der Waals surface area contributed by atoms with Gasteiger partial charge in [0.2, 0.25) is 5.89 Å². The van der Waals surface area contributed by atoms with Crippen molar-refractivity contribution >= 4 is 5.69 Å². The summed E-state index contributed by atoms with van der Waals surface area (Å²) < 4.78 is 19.0. The summed E-state index contributed by atoms with van der Waals surface area (Å²) in [6.07, 6.45) is 1.61. The van der Waals surface area contributed by atoms with Crippen molar-refractivity contribution in [3.05, 3.63) is 47.4 Å². The molecule has 0 fully saturated rings. The molecule has 1 aromatic heterocycles. The van der Waals surface area contributed by atoms with E-state index in [1.54, 1.807) is 19.2 Å². The summed E-state index contributed by atoms with van der Waals surface area (Å²) in [6.45, 7) is 3.62. The van der Waals surface area contributed by atoms with E-state index in [2.05, 4.69) is 10.3 Å². The van der Waals surface area contributed by atoms with Crippen molar-refractivity contribution < 1.29 is 8.81 Å². The van der Waals surface area contributed by atoms with Gasteiger partial charge >= 0.3 is 0 Å². The van der Waals surface area contributed by atoms with E-state index in [1.165, 1.54) is 12.1 Å². The molecule has 0 saturated carbocycles. The predicted molar refractivity (Wildman–Crippen MR) is 64.4 cm³/mol. The van der Waals surface area contributed by atoms with Crippen LogP contribution in [0.25, 0.3) is 0 Å². The average molecular weight is 245 g/mol. The number of nitriles is 1. The Morgan fingerprint density at radius 3 is 2.83 bits per heavy atom. The second kappa shape index (κ2) is 4.88. The molecular formula is C13H12FN3O. The molecule has 1 N–H and O–H groups in total. The number of oxazole rings is 1. The molecule has 0 amide bonds. The minimum Gasteiger partial charge on any atom is -0.444 e. The minimum atomic E-state index is -0.468. The van der Waals surface area contributed by atoms with Crippen LogP contribution in [0.3, 0.4) is 0 Å². The molecular weight excluding hydrogens is 233 g/mol. The van der Waals surface area contributed by atoms with Crippen molar-refractivity contribution in [3.63, 3.8) is 0 Å². The Bertz CT molecular complexity index is 601. The van der Waals surface area contributed by atoms with Crippen LogP contribution in [0, 0.1) is 24.1 Å². The molecule has 2 aromatic rings. The number of aryl methyl sites for hydroxylation is 1. The third-order valence-electron chi connectivity index (χ3n) is 2.48. The molecule has 1 heterocycles. The van der Waals surface area contributed by atoms with E-state index < -0.39 is 5.82 Å². The van der Waals surface area contributed by atoms with Crippen LogP contribution in [-0.2, 0) is 0 Å². The second-order valence-corrected chi connectivity index (χ2v) is 3.98. The van der Waals surface area contributed by atoms with Gasteiger partial charge in [0.15, 0.2) is 0 Å². The summed E-state index contributed by atoms with van der Waals surface area (Å²) in [5, 5.41) is 11.6. The first-order valence-corrected chi connectivity index (χ1v) is 5.48. The fraction of sp³-hybridized carbons (Fsp3) is 0.231. The summed E-state index contributed by atoms with van der Waals surface area (Å²) in [6, 6.07) is 5.91. The summed E-state index contributed by atoms with van der Waals surface area (Å²) >= 11 is 0. The average Bonchev–Trinajstić information content (AvgIpc) is 2.78. The van der Waals surface area contributed by atoms with Gasteiger partial charge < -0.3 is 9.73 Å². The molecule has 1 unspecified atom stereocenters. The maximum atomic E-state index is 13.7. The van der Waals surface area contributed by atoms with Crippen LogP contribution in [0.1, 0.15) is 30.2 Å². The molecule has 0 bridgehead atoms. The zero-order valence-electron chi connectivity index (χ0n) is 10.1. The molecule has 0 radical (unpaired) electrons. The lowest BCUT2D eigenvalue weighted by Crippen LogP contribution is -2.08. The number of hydrogen-bond donors (Lipinski definition) is 1. The molecule has 1 atom stereocenters. The van der Waals surface area contributed by atoms with E-state index in [0.717, 1.165) is 0 Å². The molecule has 4 nitrogen and oxygen atoms in total. The number of anilines is 1. The summed E-state index contributed by atoms with van der Waals surface area (Å²) in [4.78, 5) is 4.07. The third kappa shape index (κ3) is 2.48. The highest BCUT2D eigenvalue weighted by atomic mass is 19.1. The minimum absolute atomic E-state index is 0.249. The van der Waals surface area contributed by atoms with Crippen LogP contribution in [0.2, 0.25) is 0 Å². The van der Waals surface area contributed by atoms with Crippen LogP contribution >= 0.6 is 0 Å². The van der Waals surface area contributed by atoms with Crippen LogP contribution in [0.4, 0.5) is 10.1 Å². The van der Waals surface area contributed by atoms with Gasteiger partial charge in [-0.05, 0) is 32.0 Å². The van der Waals surface area contributed by atoms with Gasteiger partial charge in [-0.2, -0.15) is 5.26 Å². The highest BCUT2D eigenvalue weighted by molar-refractivity contribution is 5.49. The Balaban J connectivity index is 2.17. The molecule has 0 aliphatic heterocycles. The summed E-state index contributed by atoms with van der Waals surface area (Å²) in [5.41, 5.74) is 0.607. The number of hydrogen-bond acceptors (Lipinski definition) is 4. The third-order valence-corrected chi connectivity index (χ3v) is 2.48. The SMILES string of the molecule is Cc1cnc(C(C)Nc2ccc(C#N)cc2F)o1. The van der Waals surface area contributed by atoms with Gasteiger partial charge in [0.25, 0.3) is 0 Å².